The molecule has 2 aliphatic heterocycles. The van der Waals surface area contributed by atoms with Crippen molar-refractivity contribution in [3.8, 4) is 5.75 Å². The first-order valence-corrected chi connectivity index (χ1v) is 9.41. The number of hydrogen-bond donors (Lipinski definition) is 2. The Kier molecular flexibility index (Phi) is 4.37. The quantitative estimate of drug-likeness (QED) is 0.616. The molecule has 3 aliphatic rings. The second-order valence-electron chi connectivity index (χ2n) is 8.64. The standard InChI is InChI=1S/C21H27FO4/c1-20(2)18(26-20)6-4-13-7-8-21(11-23)10-15(13)19(25-12-21)14-3-5-17(24)16(22)9-14/h3,5,7,9,15,18-19,23-24H,4,6,8,10-12H2,1-2H3. The molecule has 0 amide bonds. The van der Waals surface area contributed by atoms with Crippen LogP contribution < -0.4 is 0 Å². The van der Waals surface area contributed by atoms with Crippen LogP contribution in [0.2, 0.25) is 0 Å². The molecule has 142 valence electrons. The van der Waals surface area contributed by atoms with Crippen molar-refractivity contribution in [2.45, 2.75) is 57.3 Å². The van der Waals surface area contributed by atoms with E-state index < -0.39 is 5.82 Å². The number of aromatic hydroxyl groups is 1. The van der Waals surface area contributed by atoms with E-state index in [9.17, 15) is 14.6 Å². The van der Waals surface area contributed by atoms with Crippen LogP contribution in [-0.4, -0.2) is 35.1 Å². The topological polar surface area (TPSA) is 62.2 Å². The second kappa shape index (κ2) is 6.32. The molecular weight excluding hydrogens is 335 g/mol. The number of aliphatic hydroxyl groups is 1. The molecule has 2 bridgehead atoms. The van der Waals surface area contributed by atoms with E-state index in [1.165, 1.54) is 17.7 Å². The minimum atomic E-state index is -0.625. The Hall–Kier alpha value is -1.43. The van der Waals surface area contributed by atoms with Crippen LogP contribution in [0.15, 0.2) is 29.8 Å². The zero-order valence-corrected chi connectivity index (χ0v) is 15.4. The molecule has 0 spiro atoms. The third-order valence-electron chi connectivity index (χ3n) is 6.36. The maximum atomic E-state index is 13.9. The molecule has 4 nitrogen and oxygen atoms in total. The highest BCUT2D eigenvalue weighted by molar-refractivity contribution is 5.32. The van der Waals surface area contributed by atoms with Crippen molar-refractivity contribution in [3.63, 3.8) is 0 Å². The lowest BCUT2D eigenvalue weighted by Gasteiger charge is -2.47. The predicted molar refractivity (Wildman–Crippen MR) is 95.3 cm³/mol. The molecule has 1 aliphatic carbocycles. The summed E-state index contributed by atoms with van der Waals surface area (Å²) in [5.74, 6) is -0.850. The van der Waals surface area contributed by atoms with E-state index in [2.05, 4.69) is 19.9 Å². The predicted octanol–water partition coefficient (Wildman–Crippen LogP) is 3.88. The van der Waals surface area contributed by atoms with Gasteiger partial charge >= 0.3 is 0 Å². The van der Waals surface area contributed by atoms with Gasteiger partial charge in [-0.25, -0.2) is 4.39 Å². The number of ether oxygens (including phenoxy) is 2. The summed E-state index contributed by atoms with van der Waals surface area (Å²) in [5.41, 5.74) is 1.81. The zero-order chi connectivity index (χ0) is 18.5. The lowest BCUT2D eigenvalue weighted by molar-refractivity contribution is -0.114. The van der Waals surface area contributed by atoms with E-state index in [1.54, 1.807) is 6.07 Å². The minimum absolute atomic E-state index is 0.0212. The van der Waals surface area contributed by atoms with E-state index in [-0.39, 0.29) is 35.4 Å². The fraction of sp³-hybridized carbons (Fsp3) is 0.619. The van der Waals surface area contributed by atoms with E-state index in [4.69, 9.17) is 9.47 Å². The van der Waals surface area contributed by atoms with Crippen molar-refractivity contribution in [2.75, 3.05) is 13.2 Å². The maximum absolute atomic E-state index is 13.9. The van der Waals surface area contributed by atoms with Crippen molar-refractivity contribution >= 4 is 0 Å². The van der Waals surface area contributed by atoms with Gasteiger partial charge in [-0.3, -0.25) is 0 Å². The van der Waals surface area contributed by atoms with E-state index in [0.717, 1.165) is 31.2 Å². The summed E-state index contributed by atoms with van der Waals surface area (Å²) in [7, 11) is 0. The summed E-state index contributed by atoms with van der Waals surface area (Å²) in [4.78, 5) is 0. The summed E-state index contributed by atoms with van der Waals surface area (Å²) in [6.07, 6.45) is 5.87. The Morgan fingerprint density at radius 1 is 1.31 bits per heavy atom. The van der Waals surface area contributed by atoms with Gasteiger partial charge in [0.2, 0.25) is 0 Å². The number of phenols is 1. The highest BCUT2D eigenvalue weighted by Gasteiger charge is 2.49. The molecule has 4 atom stereocenters. The maximum Gasteiger partial charge on any atom is 0.165 e. The van der Waals surface area contributed by atoms with Gasteiger partial charge in [0.25, 0.3) is 0 Å². The van der Waals surface area contributed by atoms with Crippen LogP contribution in [-0.2, 0) is 9.47 Å². The number of benzene rings is 1. The molecule has 26 heavy (non-hydrogen) atoms. The molecule has 5 heteroatoms. The lowest BCUT2D eigenvalue weighted by Crippen LogP contribution is -2.43. The van der Waals surface area contributed by atoms with Crippen molar-refractivity contribution < 1.29 is 24.1 Å². The van der Waals surface area contributed by atoms with Gasteiger partial charge in [0.15, 0.2) is 11.6 Å². The van der Waals surface area contributed by atoms with Crippen molar-refractivity contribution in [1.29, 1.82) is 0 Å². The van der Waals surface area contributed by atoms with Gasteiger partial charge < -0.3 is 19.7 Å². The number of allylic oxidation sites excluding steroid dienone is 1. The van der Waals surface area contributed by atoms with Crippen LogP contribution in [0.1, 0.15) is 51.2 Å². The van der Waals surface area contributed by atoms with E-state index in [1.807, 2.05) is 0 Å². The van der Waals surface area contributed by atoms with Gasteiger partial charge in [-0.15, -0.1) is 0 Å². The first-order chi connectivity index (χ1) is 12.3. The van der Waals surface area contributed by atoms with Gasteiger partial charge in [0.05, 0.1) is 31.0 Å². The molecule has 4 unspecified atom stereocenters. The smallest absolute Gasteiger partial charge is 0.165 e. The van der Waals surface area contributed by atoms with Gasteiger partial charge in [-0.05, 0) is 57.2 Å². The molecule has 2 fully saturated rings. The average molecular weight is 362 g/mol. The Morgan fingerprint density at radius 3 is 2.73 bits per heavy atom. The number of phenolic OH excluding ortho intramolecular Hbond substituents is 1. The Balaban J connectivity index is 1.57. The number of aliphatic hydroxyl groups excluding tert-OH is 1. The molecule has 0 aromatic heterocycles. The SMILES string of the molecule is CC1(C)OC1CCC1=CCC2(CO)COC(c3ccc(O)c(F)c3)C1C2. The molecule has 4 rings (SSSR count). The normalized spacial score (nSPS) is 35.1. The van der Waals surface area contributed by atoms with Crippen molar-refractivity contribution in [2.24, 2.45) is 11.3 Å². The van der Waals surface area contributed by atoms with Crippen LogP contribution in [0, 0.1) is 17.2 Å². The molecule has 2 saturated heterocycles. The molecule has 2 heterocycles. The van der Waals surface area contributed by atoms with Crippen LogP contribution in [0.25, 0.3) is 0 Å². The third kappa shape index (κ3) is 3.17. The van der Waals surface area contributed by atoms with Gasteiger partial charge in [-0.1, -0.05) is 17.7 Å². The zero-order valence-electron chi connectivity index (χ0n) is 15.4. The summed E-state index contributed by atoms with van der Waals surface area (Å²) >= 11 is 0. The first kappa shape index (κ1) is 18.0. The molecule has 0 radical (unpaired) electrons. The number of fused-ring (bicyclic) bond motifs is 2. The number of epoxide rings is 1. The van der Waals surface area contributed by atoms with Crippen LogP contribution in [0.4, 0.5) is 4.39 Å². The minimum Gasteiger partial charge on any atom is -0.505 e. The van der Waals surface area contributed by atoms with Gasteiger partial charge in [-0.2, -0.15) is 0 Å². The van der Waals surface area contributed by atoms with Crippen LogP contribution >= 0.6 is 0 Å². The number of halogens is 1. The van der Waals surface area contributed by atoms with E-state index >= 15 is 0 Å². The Morgan fingerprint density at radius 2 is 2.08 bits per heavy atom. The third-order valence-corrected chi connectivity index (χ3v) is 6.36. The van der Waals surface area contributed by atoms with Crippen molar-refractivity contribution in [1.82, 2.24) is 0 Å². The summed E-state index contributed by atoms with van der Waals surface area (Å²) in [6, 6.07) is 4.48. The summed E-state index contributed by atoms with van der Waals surface area (Å²) in [6.45, 7) is 4.78. The second-order valence-corrected chi connectivity index (χ2v) is 8.64. The van der Waals surface area contributed by atoms with Gasteiger partial charge in [0.1, 0.15) is 0 Å². The summed E-state index contributed by atoms with van der Waals surface area (Å²) in [5, 5.41) is 19.4. The molecular formula is C21H27FO4. The highest BCUT2D eigenvalue weighted by atomic mass is 19.1. The van der Waals surface area contributed by atoms with E-state index in [0.29, 0.717) is 12.7 Å². The number of rotatable bonds is 5. The van der Waals surface area contributed by atoms with Gasteiger partial charge in [0, 0.05) is 11.3 Å². The fourth-order valence-electron chi connectivity index (χ4n) is 4.51. The lowest BCUT2D eigenvalue weighted by atomic mass is 9.65. The molecule has 1 aromatic carbocycles. The molecule has 1 aromatic rings. The Bertz CT molecular complexity index is 729. The average Bonchev–Trinajstić information content (AvgIpc) is 3.24. The molecule has 2 N–H and O–H groups in total. The monoisotopic (exact) mass is 362 g/mol. The first-order valence-electron chi connectivity index (χ1n) is 9.41. The largest absolute Gasteiger partial charge is 0.505 e. The highest BCUT2D eigenvalue weighted by Crippen LogP contribution is 2.52. The van der Waals surface area contributed by atoms with Crippen molar-refractivity contribution in [3.05, 3.63) is 41.2 Å². The fourth-order valence-corrected chi connectivity index (χ4v) is 4.51. The summed E-state index contributed by atoms with van der Waals surface area (Å²) < 4.78 is 25.7. The van der Waals surface area contributed by atoms with Crippen LogP contribution in [0.5, 0.6) is 5.75 Å². The number of hydrogen-bond acceptors (Lipinski definition) is 4. The molecule has 0 saturated carbocycles. The van der Waals surface area contributed by atoms with Crippen LogP contribution in [0.3, 0.4) is 0 Å². The Labute approximate surface area is 153 Å².